The van der Waals surface area contributed by atoms with Crippen molar-refractivity contribution in [2.75, 3.05) is 0 Å². The number of para-hydroxylation sites is 1. The van der Waals surface area contributed by atoms with Crippen molar-refractivity contribution in [3.05, 3.63) is 66.0 Å². The molecule has 0 bridgehead atoms. The van der Waals surface area contributed by atoms with Gasteiger partial charge >= 0.3 is 0 Å². The summed E-state index contributed by atoms with van der Waals surface area (Å²) < 4.78 is 27.2. The Labute approximate surface area is 134 Å². The maximum absolute atomic E-state index is 12.9. The fourth-order valence-corrected chi connectivity index (χ4v) is 3.79. The second-order valence-electron chi connectivity index (χ2n) is 5.29. The maximum Gasteiger partial charge on any atom is 0.188 e. The first-order chi connectivity index (χ1) is 11.0. The van der Waals surface area contributed by atoms with Crippen LogP contribution in [0.4, 0.5) is 0 Å². The van der Waals surface area contributed by atoms with Crippen LogP contribution >= 0.6 is 0 Å². The number of benzene rings is 2. The molecule has 0 saturated carbocycles. The van der Waals surface area contributed by atoms with Gasteiger partial charge in [0, 0.05) is 0 Å². The van der Waals surface area contributed by atoms with Gasteiger partial charge in [0.2, 0.25) is 0 Å². The second-order valence-corrected chi connectivity index (χ2v) is 7.56. The third kappa shape index (κ3) is 2.87. The number of hydrogen-bond acceptors (Lipinski definition) is 5. The quantitative estimate of drug-likeness (QED) is 0.735. The average Bonchev–Trinajstić information content (AvgIpc) is 3.04. The number of sulfone groups is 1. The molecule has 6 nitrogen and oxygen atoms in total. The molecule has 0 unspecified atom stereocenters. The average molecular weight is 328 g/mol. The van der Waals surface area contributed by atoms with Crippen LogP contribution in [0, 0.1) is 6.92 Å². The summed E-state index contributed by atoms with van der Waals surface area (Å²) in [5, 5.41) is 10.6. The van der Waals surface area contributed by atoms with E-state index in [4.69, 9.17) is 0 Å². The van der Waals surface area contributed by atoms with Gasteiger partial charge in [-0.1, -0.05) is 30.3 Å². The number of aryl methyl sites for hydroxylation is 1. The summed E-state index contributed by atoms with van der Waals surface area (Å²) in [6, 6.07) is 16.1. The molecule has 1 atom stereocenters. The Hall–Kier alpha value is -2.54. The van der Waals surface area contributed by atoms with E-state index < -0.39 is 15.1 Å². The van der Waals surface area contributed by atoms with Gasteiger partial charge in [-0.25, -0.2) is 8.42 Å². The van der Waals surface area contributed by atoms with Gasteiger partial charge in [0.15, 0.2) is 15.7 Å². The topological polar surface area (TPSA) is 77.7 Å². The molecule has 118 valence electrons. The normalized spacial score (nSPS) is 13.0. The van der Waals surface area contributed by atoms with Gasteiger partial charge in [-0.05, 0) is 54.1 Å². The summed E-state index contributed by atoms with van der Waals surface area (Å²) in [6.07, 6.45) is 0. The number of tetrazole rings is 1. The third-order valence-electron chi connectivity index (χ3n) is 3.64. The minimum Gasteiger partial charge on any atom is -0.223 e. The lowest BCUT2D eigenvalue weighted by Crippen LogP contribution is -2.16. The van der Waals surface area contributed by atoms with E-state index in [2.05, 4.69) is 15.5 Å². The molecule has 7 heteroatoms. The molecular weight excluding hydrogens is 312 g/mol. The second kappa shape index (κ2) is 5.92. The predicted octanol–water partition coefficient (Wildman–Crippen LogP) is 2.51. The molecule has 23 heavy (non-hydrogen) atoms. The van der Waals surface area contributed by atoms with E-state index in [1.54, 1.807) is 25.1 Å². The van der Waals surface area contributed by atoms with Crippen molar-refractivity contribution >= 4 is 9.84 Å². The van der Waals surface area contributed by atoms with Crippen molar-refractivity contribution < 1.29 is 8.42 Å². The smallest absolute Gasteiger partial charge is 0.188 e. The summed E-state index contributed by atoms with van der Waals surface area (Å²) >= 11 is 0. The Morgan fingerprint density at radius 1 is 1.04 bits per heavy atom. The lowest BCUT2D eigenvalue weighted by atomic mass is 10.2. The molecule has 0 fully saturated rings. The highest BCUT2D eigenvalue weighted by Crippen LogP contribution is 2.28. The van der Waals surface area contributed by atoms with Gasteiger partial charge in [0.1, 0.15) is 5.25 Å². The van der Waals surface area contributed by atoms with Crippen LogP contribution in [0.15, 0.2) is 59.5 Å². The highest BCUT2D eigenvalue weighted by Gasteiger charge is 2.30. The van der Waals surface area contributed by atoms with Crippen LogP contribution in [0.3, 0.4) is 0 Å². The Morgan fingerprint density at radius 3 is 2.48 bits per heavy atom. The first kappa shape index (κ1) is 15.4. The van der Waals surface area contributed by atoms with E-state index in [9.17, 15) is 8.42 Å². The van der Waals surface area contributed by atoms with E-state index in [0.717, 1.165) is 11.3 Å². The fraction of sp³-hybridized carbons (Fsp3) is 0.188. The molecule has 0 radical (unpaired) electrons. The summed E-state index contributed by atoms with van der Waals surface area (Å²) in [7, 11) is -3.58. The number of rotatable bonds is 4. The Kier molecular flexibility index (Phi) is 3.96. The molecule has 0 saturated heterocycles. The van der Waals surface area contributed by atoms with Crippen LogP contribution < -0.4 is 0 Å². The van der Waals surface area contributed by atoms with Crippen molar-refractivity contribution in [1.82, 2.24) is 20.2 Å². The minimum atomic E-state index is -3.58. The predicted molar refractivity (Wildman–Crippen MR) is 85.9 cm³/mol. The molecule has 0 spiro atoms. The van der Waals surface area contributed by atoms with Crippen LogP contribution in [0.5, 0.6) is 0 Å². The van der Waals surface area contributed by atoms with Crippen molar-refractivity contribution in [1.29, 1.82) is 0 Å². The van der Waals surface area contributed by atoms with Gasteiger partial charge < -0.3 is 0 Å². The zero-order chi connectivity index (χ0) is 16.4. The van der Waals surface area contributed by atoms with Gasteiger partial charge in [-0.3, -0.25) is 0 Å². The minimum absolute atomic E-state index is 0.271. The Morgan fingerprint density at radius 2 is 1.78 bits per heavy atom. The molecule has 1 heterocycles. The number of nitrogens with zero attached hydrogens (tertiary/aromatic N) is 4. The largest absolute Gasteiger partial charge is 0.223 e. The van der Waals surface area contributed by atoms with E-state index in [0.29, 0.717) is 0 Å². The monoisotopic (exact) mass is 328 g/mol. The van der Waals surface area contributed by atoms with Crippen LogP contribution in [0.25, 0.3) is 5.69 Å². The first-order valence-corrected chi connectivity index (χ1v) is 8.69. The van der Waals surface area contributed by atoms with Gasteiger partial charge in [-0.15, -0.1) is 5.10 Å². The molecule has 2 aromatic carbocycles. The first-order valence-electron chi connectivity index (χ1n) is 7.14. The number of hydrogen-bond donors (Lipinski definition) is 0. The maximum atomic E-state index is 12.9. The number of aromatic nitrogens is 4. The van der Waals surface area contributed by atoms with Crippen LogP contribution in [0.2, 0.25) is 0 Å². The molecule has 0 aliphatic carbocycles. The zero-order valence-corrected chi connectivity index (χ0v) is 13.6. The molecular formula is C16H16N4O2S. The Balaban J connectivity index is 2.05. The van der Waals surface area contributed by atoms with E-state index in [1.807, 2.05) is 43.3 Å². The molecule has 0 amide bonds. The van der Waals surface area contributed by atoms with Crippen LogP contribution in [0.1, 0.15) is 23.6 Å². The summed E-state index contributed by atoms with van der Waals surface area (Å²) in [4.78, 5) is 0.271. The summed E-state index contributed by atoms with van der Waals surface area (Å²) in [5.41, 5.74) is 1.61. The molecule has 0 N–H and O–H groups in total. The molecule has 0 aliphatic heterocycles. The Bertz CT molecular complexity index is 920. The van der Waals surface area contributed by atoms with E-state index >= 15 is 0 Å². The highest BCUT2D eigenvalue weighted by atomic mass is 32.2. The van der Waals surface area contributed by atoms with E-state index in [1.165, 1.54) is 4.68 Å². The van der Waals surface area contributed by atoms with Gasteiger partial charge in [-0.2, -0.15) is 4.68 Å². The summed E-state index contributed by atoms with van der Waals surface area (Å²) in [6.45, 7) is 3.46. The third-order valence-corrected chi connectivity index (χ3v) is 5.69. The standard InChI is InChI=1S/C16H16N4O2S/c1-12-7-6-10-15(11-12)23(21,22)13(2)16-17-18-19-20(16)14-8-4-3-5-9-14/h3-11,13H,1-2H3/t13-/m1/s1. The van der Waals surface area contributed by atoms with Crippen molar-refractivity contribution in [3.63, 3.8) is 0 Å². The zero-order valence-electron chi connectivity index (χ0n) is 12.8. The van der Waals surface area contributed by atoms with Crippen molar-refractivity contribution in [3.8, 4) is 5.69 Å². The van der Waals surface area contributed by atoms with Crippen LogP contribution in [-0.4, -0.2) is 28.6 Å². The lowest BCUT2D eigenvalue weighted by Gasteiger charge is -2.13. The molecule has 0 aliphatic rings. The molecule has 1 aromatic heterocycles. The fourth-order valence-electron chi connectivity index (χ4n) is 2.34. The van der Waals surface area contributed by atoms with Crippen molar-refractivity contribution in [2.24, 2.45) is 0 Å². The van der Waals surface area contributed by atoms with Gasteiger partial charge in [0.25, 0.3) is 0 Å². The van der Waals surface area contributed by atoms with Crippen LogP contribution in [-0.2, 0) is 9.84 Å². The van der Waals surface area contributed by atoms with Crippen molar-refractivity contribution in [2.45, 2.75) is 24.0 Å². The molecule has 3 aromatic rings. The summed E-state index contributed by atoms with van der Waals surface area (Å²) in [5.74, 6) is 0.290. The lowest BCUT2D eigenvalue weighted by molar-refractivity contribution is 0.580. The molecule has 3 rings (SSSR count). The van der Waals surface area contributed by atoms with Gasteiger partial charge in [0.05, 0.1) is 10.6 Å². The van der Waals surface area contributed by atoms with E-state index in [-0.39, 0.29) is 10.7 Å². The SMILES string of the molecule is Cc1cccc(S(=O)(=O)[C@H](C)c2nnnn2-c2ccccc2)c1. The highest BCUT2D eigenvalue weighted by molar-refractivity contribution is 7.91.